The number of nitrogens with two attached hydrogens (primary N) is 2. The van der Waals surface area contributed by atoms with Crippen molar-refractivity contribution in [3.05, 3.63) is 35.0 Å². The molecule has 0 aliphatic heterocycles. The minimum Gasteiger partial charge on any atom is -0.496 e. The Morgan fingerprint density at radius 3 is 2.56 bits per heavy atom. The molecular weight excluding hydrogens is 318 g/mol. The van der Waals surface area contributed by atoms with Crippen molar-refractivity contribution in [3.8, 4) is 11.5 Å². The smallest absolute Gasteiger partial charge is 0.222 e. The number of methoxy groups -OCH3 is 1. The van der Waals surface area contributed by atoms with Gasteiger partial charge in [0.1, 0.15) is 17.3 Å². The van der Waals surface area contributed by atoms with E-state index in [4.69, 9.17) is 20.9 Å². The fraction of sp³-hybridized carbons (Fsp3) is 0.444. The van der Waals surface area contributed by atoms with Crippen molar-refractivity contribution in [2.75, 3.05) is 45.8 Å². The quantitative estimate of drug-likeness (QED) is 0.705. The van der Waals surface area contributed by atoms with Crippen LogP contribution in [0.15, 0.2) is 18.2 Å². The monoisotopic (exact) mass is 345 g/mol. The fourth-order valence-electron chi connectivity index (χ4n) is 2.58. The van der Waals surface area contributed by atoms with E-state index in [1.807, 2.05) is 39.2 Å². The maximum absolute atomic E-state index is 6.00. The Kier molecular flexibility index (Phi) is 6.41. The van der Waals surface area contributed by atoms with E-state index in [1.165, 1.54) is 0 Å². The summed E-state index contributed by atoms with van der Waals surface area (Å²) in [5.41, 5.74) is 14.2. The number of benzene rings is 1. The molecular formula is C18H27N5O2. The van der Waals surface area contributed by atoms with E-state index in [-0.39, 0.29) is 5.95 Å². The number of ether oxygens (including phenoxy) is 2. The Hall–Kier alpha value is -2.54. The van der Waals surface area contributed by atoms with Crippen LogP contribution < -0.4 is 20.9 Å². The zero-order valence-electron chi connectivity index (χ0n) is 15.4. The van der Waals surface area contributed by atoms with E-state index in [0.717, 1.165) is 41.3 Å². The SMILES string of the molecule is COc1cc(OCCCN(C)C)ccc1Cc1c(C)nc(N)nc1N. The number of rotatable bonds is 8. The van der Waals surface area contributed by atoms with Crippen molar-refractivity contribution < 1.29 is 9.47 Å². The molecule has 0 spiro atoms. The number of hydrogen-bond donors (Lipinski definition) is 2. The lowest BCUT2D eigenvalue weighted by molar-refractivity contribution is 0.280. The number of hydrogen-bond acceptors (Lipinski definition) is 7. The highest BCUT2D eigenvalue weighted by Gasteiger charge is 2.13. The summed E-state index contributed by atoms with van der Waals surface area (Å²) < 4.78 is 11.3. The average molecular weight is 345 g/mol. The lowest BCUT2D eigenvalue weighted by Crippen LogP contribution is -2.15. The van der Waals surface area contributed by atoms with Gasteiger partial charge < -0.3 is 25.8 Å². The predicted molar refractivity (Wildman–Crippen MR) is 100 cm³/mol. The largest absolute Gasteiger partial charge is 0.496 e. The highest BCUT2D eigenvalue weighted by Crippen LogP contribution is 2.29. The molecule has 1 heterocycles. The summed E-state index contributed by atoms with van der Waals surface area (Å²) in [7, 11) is 5.74. The molecule has 7 heteroatoms. The van der Waals surface area contributed by atoms with Crippen LogP contribution in [0.25, 0.3) is 0 Å². The Labute approximate surface area is 149 Å². The van der Waals surface area contributed by atoms with E-state index >= 15 is 0 Å². The highest BCUT2D eigenvalue weighted by molar-refractivity contribution is 5.51. The zero-order chi connectivity index (χ0) is 18.4. The van der Waals surface area contributed by atoms with Crippen LogP contribution in [-0.4, -0.2) is 49.2 Å². The summed E-state index contributed by atoms with van der Waals surface area (Å²) in [6, 6.07) is 5.82. The van der Waals surface area contributed by atoms with Gasteiger partial charge in [-0.15, -0.1) is 0 Å². The molecule has 1 aromatic carbocycles. The van der Waals surface area contributed by atoms with Gasteiger partial charge in [-0.25, -0.2) is 4.98 Å². The van der Waals surface area contributed by atoms with Crippen LogP contribution in [-0.2, 0) is 6.42 Å². The molecule has 2 rings (SSSR count). The molecule has 1 aromatic heterocycles. The first-order chi connectivity index (χ1) is 11.9. The van der Waals surface area contributed by atoms with Crippen molar-refractivity contribution >= 4 is 11.8 Å². The lowest BCUT2D eigenvalue weighted by atomic mass is 10.0. The number of nitrogens with zero attached hydrogens (tertiary/aromatic N) is 3. The third-order valence-electron chi connectivity index (χ3n) is 3.91. The van der Waals surface area contributed by atoms with Crippen LogP contribution in [0.3, 0.4) is 0 Å². The molecule has 0 amide bonds. The fourth-order valence-corrected chi connectivity index (χ4v) is 2.58. The van der Waals surface area contributed by atoms with E-state index in [1.54, 1.807) is 7.11 Å². The molecule has 4 N–H and O–H groups in total. The standard InChI is InChI=1S/C18H27N5O2/c1-12-15(17(19)22-18(20)21-12)10-13-6-7-14(11-16(13)24-4)25-9-5-8-23(2)3/h6-7,11H,5,8-10H2,1-4H3,(H4,19,20,21,22). The van der Waals surface area contributed by atoms with E-state index in [9.17, 15) is 0 Å². The lowest BCUT2D eigenvalue weighted by Gasteiger charge is -2.14. The van der Waals surface area contributed by atoms with E-state index < -0.39 is 0 Å². The maximum atomic E-state index is 6.00. The summed E-state index contributed by atoms with van der Waals surface area (Å²) in [6.45, 7) is 3.53. The Morgan fingerprint density at radius 1 is 1.16 bits per heavy atom. The summed E-state index contributed by atoms with van der Waals surface area (Å²) in [4.78, 5) is 10.4. The average Bonchev–Trinajstić information content (AvgIpc) is 2.55. The summed E-state index contributed by atoms with van der Waals surface area (Å²) in [5.74, 6) is 2.13. The third-order valence-corrected chi connectivity index (χ3v) is 3.91. The molecule has 0 saturated heterocycles. The first-order valence-corrected chi connectivity index (χ1v) is 8.23. The number of anilines is 2. The zero-order valence-corrected chi connectivity index (χ0v) is 15.4. The second-order valence-electron chi connectivity index (χ2n) is 6.19. The second kappa shape index (κ2) is 8.53. The summed E-state index contributed by atoms with van der Waals surface area (Å²) >= 11 is 0. The number of aromatic nitrogens is 2. The Bertz CT molecular complexity index is 696. The van der Waals surface area contributed by atoms with Crippen molar-refractivity contribution in [1.29, 1.82) is 0 Å². The van der Waals surface area contributed by atoms with Crippen LogP contribution in [0, 0.1) is 6.92 Å². The van der Waals surface area contributed by atoms with Crippen LogP contribution in [0.1, 0.15) is 23.2 Å². The first kappa shape index (κ1) is 18.8. The van der Waals surface area contributed by atoms with Crippen LogP contribution in [0.4, 0.5) is 11.8 Å². The molecule has 7 nitrogen and oxygen atoms in total. The second-order valence-corrected chi connectivity index (χ2v) is 6.19. The maximum Gasteiger partial charge on any atom is 0.222 e. The van der Waals surface area contributed by atoms with Gasteiger partial charge in [-0.3, -0.25) is 0 Å². The van der Waals surface area contributed by atoms with Gasteiger partial charge in [0, 0.05) is 30.3 Å². The number of aryl methyl sites for hydroxylation is 1. The van der Waals surface area contributed by atoms with Gasteiger partial charge in [-0.1, -0.05) is 6.07 Å². The van der Waals surface area contributed by atoms with Crippen molar-refractivity contribution in [3.63, 3.8) is 0 Å². The first-order valence-electron chi connectivity index (χ1n) is 8.23. The van der Waals surface area contributed by atoms with E-state index in [2.05, 4.69) is 14.9 Å². The molecule has 0 radical (unpaired) electrons. The summed E-state index contributed by atoms with van der Waals surface area (Å²) in [5, 5.41) is 0. The molecule has 0 saturated carbocycles. The predicted octanol–water partition coefficient (Wildman–Crippen LogP) is 1.88. The molecule has 136 valence electrons. The molecule has 0 unspecified atom stereocenters. The van der Waals surface area contributed by atoms with Crippen molar-refractivity contribution in [2.45, 2.75) is 19.8 Å². The van der Waals surface area contributed by atoms with Gasteiger partial charge in [-0.2, -0.15) is 4.98 Å². The van der Waals surface area contributed by atoms with Crippen LogP contribution >= 0.6 is 0 Å². The third kappa shape index (κ3) is 5.22. The molecule has 0 aliphatic carbocycles. The molecule has 0 atom stereocenters. The van der Waals surface area contributed by atoms with Crippen molar-refractivity contribution in [1.82, 2.24) is 14.9 Å². The molecule has 25 heavy (non-hydrogen) atoms. The van der Waals surface area contributed by atoms with Gasteiger partial charge in [0.2, 0.25) is 5.95 Å². The van der Waals surface area contributed by atoms with Crippen LogP contribution in [0.2, 0.25) is 0 Å². The Balaban J connectivity index is 2.12. The molecule has 0 bridgehead atoms. The van der Waals surface area contributed by atoms with Crippen molar-refractivity contribution in [2.24, 2.45) is 0 Å². The minimum atomic E-state index is 0.187. The minimum absolute atomic E-state index is 0.187. The van der Waals surface area contributed by atoms with Gasteiger partial charge in [0.05, 0.1) is 13.7 Å². The van der Waals surface area contributed by atoms with E-state index in [0.29, 0.717) is 18.8 Å². The van der Waals surface area contributed by atoms with Gasteiger partial charge in [0.25, 0.3) is 0 Å². The Morgan fingerprint density at radius 2 is 1.92 bits per heavy atom. The molecule has 2 aromatic rings. The topological polar surface area (TPSA) is 99.5 Å². The molecule has 0 fully saturated rings. The van der Waals surface area contributed by atoms with Gasteiger partial charge >= 0.3 is 0 Å². The van der Waals surface area contributed by atoms with Crippen LogP contribution in [0.5, 0.6) is 11.5 Å². The highest BCUT2D eigenvalue weighted by atomic mass is 16.5. The molecule has 0 aliphatic rings. The number of nitrogen functional groups attached to an aromatic ring is 2. The van der Waals surface area contributed by atoms with Gasteiger partial charge in [-0.05, 0) is 39.1 Å². The normalized spacial score (nSPS) is 10.9. The summed E-state index contributed by atoms with van der Waals surface area (Å²) in [6.07, 6.45) is 1.54. The van der Waals surface area contributed by atoms with Gasteiger partial charge in [0.15, 0.2) is 0 Å².